The first-order valence-electron chi connectivity index (χ1n) is 3.10. The zero-order chi connectivity index (χ0) is 7.56. The molecule has 0 unspecified atom stereocenters. The molecule has 0 saturated heterocycles. The number of hydrogen-bond acceptors (Lipinski definition) is 3. The molecule has 0 spiro atoms. The summed E-state index contributed by atoms with van der Waals surface area (Å²) in [6.07, 6.45) is 3.49. The lowest BCUT2D eigenvalue weighted by molar-refractivity contribution is 0.224. The Bertz CT molecular complexity index is 184. The summed E-state index contributed by atoms with van der Waals surface area (Å²) >= 11 is 0. The average molecular weight is 141 g/mol. The maximum Gasteiger partial charge on any atom is 0.190 e. The van der Waals surface area contributed by atoms with Gasteiger partial charge in [0.2, 0.25) is 0 Å². The highest BCUT2D eigenvalue weighted by atomic mass is 16.5. The molecule has 0 atom stereocenters. The molecule has 0 aromatic heterocycles. The second-order valence-electron chi connectivity index (χ2n) is 2.19. The van der Waals surface area contributed by atoms with Crippen molar-refractivity contribution >= 4 is 0 Å². The van der Waals surface area contributed by atoms with Crippen LogP contribution >= 0.6 is 0 Å². The summed E-state index contributed by atoms with van der Waals surface area (Å²) in [6.45, 7) is 0.700. The van der Waals surface area contributed by atoms with Crippen LogP contribution in [0.5, 0.6) is 0 Å². The van der Waals surface area contributed by atoms with E-state index in [1.54, 1.807) is 18.1 Å². The van der Waals surface area contributed by atoms with E-state index >= 15 is 0 Å². The Kier molecular flexibility index (Phi) is 1.85. The number of rotatable bonds is 1. The van der Waals surface area contributed by atoms with Crippen molar-refractivity contribution in [2.24, 2.45) is 0 Å². The van der Waals surface area contributed by atoms with Gasteiger partial charge < -0.3 is 14.7 Å². The minimum absolute atomic E-state index is 0.249. The number of likely N-dealkylation sites (N-methyl/N-ethyl adjacent to an activating group) is 1. The van der Waals surface area contributed by atoms with Crippen LogP contribution in [0.15, 0.2) is 23.8 Å². The van der Waals surface area contributed by atoms with Gasteiger partial charge >= 0.3 is 0 Å². The van der Waals surface area contributed by atoms with Crippen molar-refractivity contribution in [3.05, 3.63) is 23.8 Å². The number of aliphatic hydroxyl groups excluding tert-OH is 1. The number of nitrogens with zero attached hydrogens (tertiary/aromatic N) is 1. The summed E-state index contributed by atoms with van der Waals surface area (Å²) < 4.78 is 4.91. The third kappa shape index (κ3) is 1.23. The molecule has 0 aromatic rings. The van der Waals surface area contributed by atoms with Crippen LogP contribution in [0.3, 0.4) is 0 Å². The van der Waals surface area contributed by atoms with Crippen LogP contribution < -0.4 is 0 Å². The number of aliphatic hydroxyl groups is 1. The van der Waals surface area contributed by atoms with E-state index in [1.165, 1.54) is 0 Å². The Balaban J connectivity index is 2.69. The van der Waals surface area contributed by atoms with Crippen molar-refractivity contribution in [2.75, 3.05) is 20.7 Å². The number of ether oxygens (including phenoxy) is 1. The van der Waals surface area contributed by atoms with Crippen molar-refractivity contribution in [1.82, 2.24) is 4.90 Å². The minimum atomic E-state index is 0.249. The molecule has 0 amide bonds. The first-order valence-corrected chi connectivity index (χ1v) is 3.10. The highest BCUT2D eigenvalue weighted by Gasteiger charge is 2.07. The zero-order valence-corrected chi connectivity index (χ0v) is 6.16. The quantitative estimate of drug-likeness (QED) is 0.588. The van der Waals surface area contributed by atoms with Gasteiger partial charge in [0.05, 0.1) is 7.11 Å². The van der Waals surface area contributed by atoms with Gasteiger partial charge in [0.1, 0.15) is 5.76 Å². The average Bonchev–Trinajstić information content (AvgIpc) is 1.95. The van der Waals surface area contributed by atoms with Crippen molar-refractivity contribution in [3.8, 4) is 0 Å². The first-order chi connectivity index (χ1) is 4.74. The molecule has 0 radical (unpaired) electrons. The van der Waals surface area contributed by atoms with Crippen molar-refractivity contribution < 1.29 is 9.84 Å². The smallest absolute Gasteiger partial charge is 0.190 e. The van der Waals surface area contributed by atoms with Crippen molar-refractivity contribution in [1.29, 1.82) is 0 Å². The molecule has 0 bridgehead atoms. The van der Waals surface area contributed by atoms with Crippen LogP contribution in [0, 0.1) is 0 Å². The molecule has 1 aliphatic rings. The molecular weight excluding hydrogens is 130 g/mol. The monoisotopic (exact) mass is 141 g/mol. The number of allylic oxidation sites excluding steroid dienone is 1. The highest BCUT2D eigenvalue weighted by molar-refractivity contribution is 5.19. The molecule has 3 heteroatoms. The lowest BCUT2D eigenvalue weighted by Gasteiger charge is -2.20. The van der Waals surface area contributed by atoms with Gasteiger partial charge in [-0.1, -0.05) is 0 Å². The van der Waals surface area contributed by atoms with Crippen LogP contribution in [-0.2, 0) is 4.74 Å². The molecule has 56 valence electrons. The van der Waals surface area contributed by atoms with E-state index in [-0.39, 0.29) is 5.88 Å². The first kappa shape index (κ1) is 6.99. The normalized spacial score (nSPS) is 18.0. The SMILES string of the molecule is COC1=CCN(C)C(O)=C1. The van der Waals surface area contributed by atoms with E-state index in [0.717, 1.165) is 5.76 Å². The molecule has 0 saturated carbocycles. The maximum atomic E-state index is 9.15. The van der Waals surface area contributed by atoms with Gasteiger partial charge in [0.15, 0.2) is 5.88 Å². The molecular formula is C7H11NO2. The fraction of sp³-hybridized carbons (Fsp3) is 0.429. The molecule has 0 fully saturated rings. The van der Waals surface area contributed by atoms with E-state index in [2.05, 4.69) is 0 Å². The zero-order valence-electron chi connectivity index (χ0n) is 6.16. The van der Waals surface area contributed by atoms with Crippen LogP contribution in [0.2, 0.25) is 0 Å². The fourth-order valence-electron chi connectivity index (χ4n) is 0.759. The van der Waals surface area contributed by atoms with Crippen molar-refractivity contribution in [3.63, 3.8) is 0 Å². The van der Waals surface area contributed by atoms with Crippen LogP contribution in [0.25, 0.3) is 0 Å². The summed E-state index contributed by atoms with van der Waals surface area (Å²) in [6, 6.07) is 0. The number of hydrogen-bond donors (Lipinski definition) is 1. The van der Waals surface area contributed by atoms with Crippen LogP contribution in [-0.4, -0.2) is 30.7 Å². The largest absolute Gasteiger partial charge is 0.497 e. The van der Waals surface area contributed by atoms with Crippen LogP contribution in [0.4, 0.5) is 0 Å². The molecule has 0 aliphatic carbocycles. The van der Waals surface area contributed by atoms with Crippen molar-refractivity contribution in [2.45, 2.75) is 0 Å². The molecule has 1 aliphatic heterocycles. The van der Waals surface area contributed by atoms with Gasteiger partial charge in [-0.2, -0.15) is 0 Å². The molecule has 1 N–H and O–H groups in total. The molecule has 3 nitrogen and oxygen atoms in total. The van der Waals surface area contributed by atoms with Gasteiger partial charge in [-0.05, 0) is 6.08 Å². The van der Waals surface area contributed by atoms with E-state index < -0.39 is 0 Å². The fourth-order valence-corrected chi connectivity index (χ4v) is 0.759. The summed E-state index contributed by atoms with van der Waals surface area (Å²) in [5, 5.41) is 9.15. The van der Waals surface area contributed by atoms with E-state index in [1.807, 2.05) is 13.1 Å². The highest BCUT2D eigenvalue weighted by Crippen LogP contribution is 2.10. The van der Waals surface area contributed by atoms with Gasteiger partial charge in [0, 0.05) is 19.7 Å². The van der Waals surface area contributed by atoms with Gasteiger partial charge in [0.25, 0.3) is 0 Å². The summed E-state index contributed by atoms with van der Waals surface area (Å²) in [7, 11) is 3.40. The molecule has 1 rings (SSSR count). The second kappa shape index (κ2) is 2.64. The third-order valence-electron chi connectivity index (χ3n) is 1.46. The topological polar surface area (TPSA) is 32.7 Å². The summed E-state index contributed by atoms with van der Waals surface area (Å²) in [4.78, 5) is 1.72. The van der Waals surface area contributed by atoms with Gasteiger partial charge in [-0.15, -0.1) is 0 Å². The van der Waals surface area contributed by atoms with Crippen LogP contribution in [0.1, 0.15) is 0 Å². The lowest BCUT2D eigenvalue weighted by Crippen LogP contribution is -2.20. The Hall–Kier alpha value is -1.12. The molecule has 10 heavy (non-hydrogen) atoms. The predicted octanol–water partition coefficient (Wildman–Crippen LogP) is 0.861. The summed E-state index contributed by atoms with van der Waals surface area (Å²) in [5.74, 6) is 0.968. The van der Waals surface area contributed by atoms with E-state index in [4.69, 9.17) is 9.84 Å². The Morgan fingerprint density at radius 1 is 1.70 bits per heavy atom. The Morgan fingerprint density at radius 3 is 2.90 bits per heavy atom. The van der Waals surface area contributed by atoms with E-state index in [0.29, 0.717) is 6.54 Å². The second-order valence-corrected chi connectivity index (χ2v) is 2.19. The van der Waals surface area contributed by atoms with E-state index in [9.17, 15) is 0 Å². The predicted molar refractivity (Wildman–Crippen MR) is 38.4 cm³/mol. The molecule has 0 aromatic carbocycles. The Morgan fingerprint density at radius 2 is 2.40 bits per heavy atom. The third-order valence-corrected chi connectivity index (χ3v) is 1.46. The maximum absolute atomic E-state index is 9.15. The number of methoxy groups -OCH3 is 1. The molecule has 1 heterocycles. The van der Waals surface area contributed by atoms with Gasteiger partial charge in [-0.3, -0.25) is 0 Å². The standard InChI is InChI=1S/C7H11NO2/c1-8-4-3-6(10-2)5-7(8)9/h3,5,9H,4H2,1-2H3. The van der Waals surface area contributed by atoms with Gasteiger partial charge in [-0.25, -0.2) is 0 Å². The minimum Gasteiger partial charge on any atom is -0.497 e. The lowest BCUT2D eigenvalue weighted by atomic mass is 10.3. The summed E-state index contributed by atoms with van der Waals surface area (Å²) in [5.41, 5.74) is 0. The Labute approximate surface area is 60.2 Å².